The van der Waals surface area contributed by atoms with Crippen molar-refractivity contribution in [2.45, 2.75) is 38.5 Å². The molecule has 3 amide bonds. The van der Waals surface area contributed by atoms with Crippen molar-refractivity contribution in [2.24, 2.45) is 0 Å². The van der Waals surface area contributed by atoms with Crippen LogP contribution in [0.4, 0.5) is 0 Å². The van der Waals surface area contributed by atoms with Crippen LogP contribution >= 0.6 is 0 Å². The highest BCUT2D eigenvalue weighted by atomic mass is 16.5. The molecule has 4 rings (SSSR count). The molecule has 2 aromatic rings. The predicted molar refractivity (Wildman–Crippen MR) is 138 cm³/mol. The Kier molecular flexibility index (Phi) is 7.76. The molecule has 2 aliphatic rings. The fourth-order valence-electron chi connectivity index (χ4n) is 5.02. The largest absolute Gasteiger partial charge is 0.353 e. The fourth-order valence-corrected chi connectivity index (χ4v) is 5.02. The number of hydrogen-bond acceptors (Lipinski definition) is 5. The number of nitrogens with one attached hydrogen (secondary N) is 1. The highest BCUT2D eigenvalue weighted by molar-refractivity contribution is 5.99. The first-order chi connectivity index (χ1) is 17.2. The van der Waals surface area contributed by atoms with Crippen molar-refractivity contribution in [1.29, 1.82) is 0 Å². The third-order valence-corrected chi connectivity index (χ3v) is 7.00. The van der Waals surface area contributed by atoms with E-state index in [1.54, 1.807) is 11.0 Å². The Labute approximate surface area is 213 Å². The lowest BCUT2D eigenvalue weighted by atomic mass is 9.95. The Morgan fingerprint density at radius 3 is 2.11 bits per heavy atom. The molecule has 8 nitrogen and oxygen atoms in total. The number of rotatable bonds is 6. The lowest BCUT2D eigenvalue weighted by Gasteiger charge is -2.44. The number of nitrogens with zero attached hydrogens (tertiary/aromatic N) is 3. The normalized spacial score (nSPS) is 19.1. The van der Waals surface area contributed by atoms with E-state index in [4.69, 9.17) is 4.74 Å². The van der Waals surface area contributed by atoms with Crippen molar-refractivity contribution < 1.29 is 19.1 Å². The lowest BCUT2D eigenvalue weighted by molar-refractivity contribution is -0.128. The van der Waals surface area contributed by atoms with Crippen LogP contribution in [0.25, 0.3) is 0 Å². The number of carbonyl (C=O) groups excluding carboxylic acids is 3. The van der Waals surface area contributed by atoms with Gasteiger partial charge in [0.15, 0.2) is 0 Å². The fraction of sp³-hybridized carbons (Fsp3) is 0.464. The molecule has 36 heavy (non-hydrogen) atoms. The number of piperidine rings is 1. The molecule has 0 aliphatic carbocycles. The van der Waals surface area contributed by atoms with Crippen LogP contribution in [0, 0.1) is 13.8 Å². The van der Waals surface area contributed by atoms with Crippen LogP contribution in [0.15, 0.2) is 48.5 Å². The van der Waals surface area contributed by atoms with E-state index in [2.05, 4.69) is 5.32 Å². The van der Waals surface area contributed by atoms with Crippen LogP contribution in [0.5, 0.6) is 0 Å². The smallest absolute Gasteiger partial charge is 0.256 e. The van der Waals surface area contributed by atoms with E-state index in [0.717, 1.165) is 11.1 Å². The zero-order valence-electron chi connectivity index (χ0n) is 21.6. The van der Waals surface area contributed by atoms with E-state index in [-0.39, 0.29) is 24.3 Å². The summed E-state index contributed by atoms with van der Waals surface area (Å²) in [7, 11) is 3.89. The standard InChI is InChI=1S/C28H36N4O4/c1-20-7-5-9-22(17-20)26(34)31-14-11-28(12-15-31)32(27(35)23-10-6-8-21(2)18-23)24(19-36-28)25(33)29-13-16-30(3)4/h5-10,17-18,24H,11-16,19H2,1-4H3,(H,29,33)/t24-/m1/s1. The van der Waals surface area contributed by atoms with Crippen molar-refractivity contribution in [3.05, 3.63) is 70.8 Å². The zero-order valence-corrected chi connectivity index (χ0v) is 21.6. The molecule has 0 radical (unpaired) electrons. The second-order valence-corrected chi connectivity index (χ2v) is 10.1. The van der Waals surface area contributed by atoms with Crippen molar-refractivity contribution in [3.8, 4) is 0 Å². The Bertz CT molecular complexity index is 1120. The quantitative estimate of drug-likeness (QED) is 0.670. The number of likely N-dealkylation sites (tertiary alicyclic amines) is 1. The molecule has 0 unspecified atom stereocenters. The van der Waals surface area contributed by atoms with Gasteiger partial charge in [-0.3, -0.25) is 19.3 Å². The molecule has 2 heterocycles. The van der Waals surface area contributed by atoms with Gasteiger partial charge in [-0.15, -0.1) is 0 Å². The molecule has 1 spiro atoms. The number of hydrogen-bond donors (Lipinski definition) is 1. The van der Waals surface area contributed by atoms with E-state index in [0.29, 0.717) is 50.1 Å². The molecule has 8 heteroatoms. The van der Waals surface area contributed by atoms with Crippen LogP contribution in [0.1, 0.15) is 44.7 Å². The number of carbonyl (C=O) groups is 3. The maximum atomic E-state index is 13.8. The maximum Gasteiger partial charge on any atom is 0.256 e. The second-order valence-electron chi connectivity index (χ2n) is 10.1. The number of aryl methyl sites for hydroxylation is 2. The van der Waals surface area contributed by atoms with Crippen molar-refractivity contribution >= 4 is 17.7 Å². The highest BCUT2D eigenvalue weighted by Crippen LogP contribution is 2.39. The van der Waals surface area contributed by atoms with E-state index < -0.39 is 11.8 Å². The van der Waals surface area contributed by atoms with Crippen molar-refractivity contribution in [2.75, 3.05) is 46.9 Å². The average molecular weight is 493 g/mol. The second kappa shape index (κ2) is 10.8. The van der Waals surface area contributed by atoms with Gasteiger partial charge in [0.1, 0.15) is 11.8 Å². The van der Waals surface area contributed by atoms with Crippen LogP contribution in [0.3, 0.4) is 0 Å². The van der Waals surface area contributed by atoms with Crippen LogP contribution in [0.2, 0.25) is 0 Å². The molecule has 2 fully saturated rings. The van der Waals surface area contributed by atoms with Gasteiger partial charge >= 0.3 is 0 Å². The zero-order chi connectivity index (χ0) is 25.9. The Hall–Kier alpha value is -3.23. The Morgan fingerprint density at radius 2 is 1.56 bits per heavy atom. The van der Waals surface area contributed by atoms with Gasteiger partial charge in [0.2, 0.25) is 5.91 Å². The van der Waals surface area contributed by atoms with Gasteiger partial charge < -0.3 is 19.9 Å². The van der Waals surface area contributed by atoms with E-state index >= 15 is 0 Å². The van der Waals surface area contributed by atoms with Crippen molar-refractivity contribution in [3.63, 3.8) is 0 Å². The summed E-state index contributed by atoms with van der Waals surface area (Å²) < 4.78 is 6.28. The Balaban J connectivity index is 1.55. The van der Waals surface area contributed by atoms with Gasteiger partial charge in [0, 0.05) is 50.1 Å². The molecule has 0 bridgehead atoms. The molecule has 2 aromatic carbocycles. The first-order valence-electron chi connectivity index (χ1n) is 12.5. The summed E-state index contributed by atoms with van der Waals surface area (Å²) in [5.41, 5.74) is 2.27. The monoisotopic (exact) mass is 492 g/mol. The minimum Gasteiger partial charge on any atom is -0.353 e. The average Bonchev–Trinajstić information content (AvgIpc) is 3.22. The van der Waals surface area contributed by atoms with Crippen LogP contribution in [-0.4, -0.2) is 91.1 Å². The van der Waals surface area contributed by atoms with Gasteiger partial charge in [0.25, 0.3) is 11.8 Å². The highest BCUT2D eigenvalue weighted by Gasteiger charge is 2.54. The van der Waals surface area contributed by atoms with Crippen LogP contribution < -0.4 is 5.32 Å². The molecule has 1 atom stereocenters. The summed E-state index contributed by atoms with van der Waals surface area (Å²) in [5.74, 6) is -0.462. The van der Waals surface area contributed by atoms with E-state index in [9.17, 15) is 14.4 Å². The number of likely N-dealkylation sites (N-methyl/N-ethyl adjacent to an activating group) is 1. The Morgan fingerprint density at radius 1 is 0.972 bits per heavy atom. The SMILES string of the molecule is Cc1cccc(C(=O)N2CCC3(CC2)OC[C@H](C(=O)NCCN(C)C)N3C(=O)c2cccc(C)c2)c1. The summed E-state index contributed by atoms with van der Waals surface area (Å²) in [5, 5.41) is 2.96. The number of amides is 3. The first kappa shape index (κ1) is 25.9. The third-order valence-electron chi connectivity index (χ3n) is 7.00. The third kappa shape index (κ3) is 5.44. The number of benzene rings is 2. The van der Waals surface area contributed by atoms with Crippen molar-refractivity contribution in [1.82, 2.24) is 20.0 Å². The minimum atomic E-state index is -0.923. The molecule has 2 aliphatic heterocycles. The lowest BCUT2D eigenvalue weighted by Crippen LogP contribution is -2.60. The summed E-state index contributed by atoms with van der Waals surface area (Å²) in [6, 6.07) is 14.2. The van der Waals surface area contributed by atoms with E-state index in [1.165, 1.54) is 0 Å². The number of ether oxygens (including phenoxy) is 1. The summed E-state index contributed by atoms with van der Waals surface area (Å²) >= 11 is 0. The van der Waals surface area contributed by atoms with Gasteiger partial charge in [-0.05, 0) is 52.2 Å². The van der Waals surface area contributed by atoms with Gasteiger partial charge in [-0.1, -0.05) is 35.4 Å². The predicted octanol–water partition coefficient (Wildman–Crippen LogP) is 2.45. The van der Waals surface area contributed by atoms with Gasteiger partial charge in [-0.25, -0.2) is 0 Å². The molecule has 0 aromatic heterocycles. The van der Waals surface area contributed by atoms with Gasteiger partial charge in [-0.2, -0.15) is 0 Å². The van der Waals surface area contributed by atoms with Crippen LogP contribution in [-0.2, 0) is 9.53 Å². The topological polar surface area (TPSA) is 82.2 Å². The minimum absolute atomic E-state index is 0.0268. The summed E-state index contributed by atoms with van der Waals surface area (Å²) in [6.45, 7) is 6.11. The molecular weight excluding hydrogens is 456 g/mol. The molecule has 192 valence electrons. The summed E-state index contributed by atoms with van der Waals surface area (Å²) in [4.78, 5) is 45.6. The maximum absolute atomic E-state index is 13.8. The summed E-state index contributed by atoms with van der Waals surface area (Å²) in [6.07, 6.45) is 0.896. The molecule has 2 saturated heterocycles. The van der Waals surface area contributed by atoms with E-state index in [1.807, 2.05) is 80.2 Å². The molecular formula is C28H36N4O4. The first-order valence-corrected chi connectivity index (χ1v) is 12.5. The molecule has 1 N–H and O–H groups in total. The van der Waals surface area contributed by atoms with Gasteiger partial charge in [0.05, 0.1) is 6.61 Å². The molecule has 0 saturated carbocycles.